The van der Waals surface area contributed by atoms with Gasteiger partial charge in [0, 0.05) is 21.8 Å². The number of ketones is 2. The maximum atomic E-state index is 12.6. The number of phenolic OH excluding ortho intramolecular Hbond substituents is 2. The number of allylic oxidation sites excluding steroid dienone is 2. The number of halogens is 1. The van der Waals surface area contributed by atoms with Crippen molar-refractivity contribution in [3.63, 3.8) is 0 Å². The normalized spacial score (nSPS) is 14.2. The number of hydrogen-bond donors (Lipinski definition) is 3. The van der Waals surface area contributed by atoms with Crippen LogP contribution in [0.3, 0.4) is 0 Å². The zero-order valence-corrected chi connectivity index (χ0v) is 17.6. The first-order valence-electron chi connectivity index (χ1n) is 9.78. The lowest BCUT2D eigenvalue weighted by atomic mass is 9.91. The van der Waals surface area contributed by atoms with E-state index in [9.17, 15) is 24.6 Å². The molecule has 4 N–H and O–H groups in total. The minimum atomic E-state index is -0.637. The Morgan fingerprint density at radius 3 is 2.24 bits per heavy atom. The van der Waals surface area contributed by atoms with Crippen molar-refractivity contribution in [2.24, 2.45) is 5.73 Å². The standard InChI is InChI=1S/C24H15ClN2O6/c25-13-3-8-17-12(9-13)10-27(14-4-1-11(2-5-14)24(26)32)20-21(30)18-15(28)6-7-16(29)19(18)22(31)23(20)33-17/h1-9,30-31H,10H2,(H2,26,32). The number of fused-ring (bicyclic) bond motifs is 3. The van der Waals surface area contributed by atoms with Crippen molar-refractivity contribution < 1.29 is 29.3 Å². The lowest BCUT2D eigenvalue weighted by Crippen LogP contribution is -2.19. The van der Waals surface area contributed by atoms with Gasteiger partial charge in [0.25, 0.3) is 0 Å². The molecule has 0 aromatic heterocycles. The van der Waals surface area contributed by atoms with Crippen molar-refractivity contribution in [3.05, 3.63) is 81.9 Å². The van der Waals surface area contributed by atoms with Crippen LogP contribution in [0, 0.1) is 0 Å². The Kier molecular flexibility index (Phi) is 4.61. The highest BCUT2D eigenvalue weighted by molar-refractivity contribution is 6.30. The predicted molar refractivity (Wildman–Crippen MR) is 120 cm³/mol. The predicted octanol–water partition coefficient (Wildman–Crippen LogP) is 4.23. The molecule has 0 radical (unpaired) electrons. The average Bonchev–Trinajstić information content (AvgIpc) is 2.96. The summed E-state index contributed by atoms with van der Waals surface area (Å²) in [7, 11) is 0. The number of rotatable bonds is 2. The maximum absolute atomic E-state index is 12.6. The van der Waals surface area contributed by atoms with Crippen LogP contribution in [0.15, 0.2) is 54.6 Å². The van der Waals surface area contributed by atoms with Gasteiger partial charge in [-0.25, -0.2) is 0 Å². The number of ether oxygens (including phenoxy) is 1. The zero-order valence-electron chi connectivity index (χ0n) is 16.8. The molecule has 0 saturated carbocycles. The van der Waals surface area contributed by atoms with Crippen molar-refractivity contribution in [2.45, 2.75) is 6.54 Å². The van der Waals surface area contributed by atoms with Crippen molar-refractivity contribution in [2.75, 3.05) is 4.90 Å². The van der Waals surface area contributed by atoms with E-state index in [1.807, 2.05) is 0 Å². The molecule has 0 fully saturated rings. The number of nitrogens with zero attached hydrogens (tertiary/aromatic N) is 1. The van der Waals surface area contributed by atoms with Gasteiger partial charge in [0.15, 0.2) is 28.8 Å². The molecule has 33 heavy (non-hydrogen) atoms. The molecule has 0 saturated heterocycles. The highest BCUT2D eigenvalue weighted by Gasteiger charge is 2.37. The fraction of sp³-hybridized carbons (Fsp3) is 0.0417. The van der Waals surface area contributed by atoms with Crippen molar-refractivity contribution >= 4 is 40.4 Å². The fourth-order valence-electron chi connectivity index (χ4n) is 3.99. The molecule has 1 amide bonds. The highest BCUT2D eigenvalue weighted by Crippen LogP contribution is 2.55. The first kappa shape index (κ1) is 20.6. The van der Waals surface area contributed by atoms with Crippen LogP contribution >= 0.6 is 11.6 Å². The first-order valence-corrected chi connectivity index (χ1v) is 10.2. The van der Waals surface area contributed by atoms with Crippen LogP contribution in [0.1, 0.15) is 36.6 Å². The molecule has 0 atom stereocenters. The SMILES string of the molecule is NC(=O)c1ccc(N2Cc3cc(Cl)ccc3Oc3c(O)c4c(c(O)c32)C(=O)C=CC4=O)cc1. The number of carbonyl (C=O) groups excluding carboxylic acids is 3. The Morgan fingerprint density at radius 1 is 0.970 bits per heavy atom. The molecule has 9 heteroatoms. The topological polar surface area (TPSA) is 130 Å². The Hall–Kier alpha value is -4.30. The summed E-state index contributed by atoms with van der Waals surface area (Å²) in [6.07, 6.45) is 2.06. The third-order valence-electron chi connectivity index (χ3n) is 5.55. The summed E-state index contributed by atoms with van der Waals surface area (Å²) < 4.78 is 5.96. The van der Waals surface area contributed by atoms with Crippen LogP contribution in [0.25, 0.3) is 0 Å². The number of carbonyl (C=O) groups is 3. The molecule has 1 aliphatic heterocycles. The third-order valence-corrected chi connectivity index (χ3v) is 5.79. The van der Waals surface area contributed by atoms with E-state index < -0.39 is 29.0 Å². The van der Waals surface area contributed by atoms with E-state index in [2.05, 4.69) is 0 Å². The van der Waals surface area contributed by atoms with E-state index in [4.69, 9.17) is 22.1 Å². The summed E-state index contributed by atoms with van der Waals surface area (Å²) in [5.41, 5.74) is 6.06. The van der Waals surface area contributed by atoms with Gasteiger partial charge in [-0.3, -0.25) is 14.4 Å². The number of phenols is 2. The summed E-state index contributed by atoms with van der Waals surface area (Å²) >= 11 is 6.17. The molecular weight excluding hydrogens is 448 g/mol. The number of nitrogens with two attached hydrogens (primary N) is 1. The molecular formula is C24H15ClN2O6. The lowest BCUT2D eigenvalue weighted by Gasteiger charge is -2.27. The van der Waals surface area contributed by atoms with Crippen molar-refractivity contribution in [1.29, 1.82) is 0 Å². The number of amides is 1. The second-order valence-corrected chi connectivity index (χ2v) is 7.97. The minimum absolute atomic E-state index is 0.0122. The second-order valence-electron chi connectivity index (χ2n) is 7.54. The minimum Gasteiger partial charge on any atom is -0.505 e. The molecule has 0 unspecified atom stereocenters. The highest BCUT2D eigenvalue weighted by atomic mass is 35.5. The summed E-state index contributed by atoms with van der Waals surface area (Å²) in [5.74, 6) is -2.81. The van der Waals surface area contributed by atoms with Crippen molar-refractivity contribution in [1.82, 2.24) is 0 Å². The number of primary amides is 1. The van der Waals surface area contributed by atoms with Crippen LogP contribution in [0.2, 0.25) is 5.02 Å². The van der Waals surface area contributed by atoms with Crippen molar-refractivity contribution in [3.8, 4) is 23.0 Å². The van der Waals surface area contributed by atoms with E-state index >= 15 is 0 Å². The quantitative estimate of drug-likeness (QED) is 0.486. The molecule has 1 aliphatic carbocycles. The molecule has 0 bridgehead atoms. The number of benzene rings is 3. The van der Waals surface area contributed by atoms with Gasteiger partial charge < -0.3 is 25.6 Å². The smallest absolute Gasteiger partial charge is 0.248 e. The van der Waals surface area contributed by atoms with E-state index in [1.54, 1.807) is 35.2 Å². The number of anilines is 2. The Morgan fingerprint density at radius 2 is 1.61 bits per heavy atom. The second kappa shape index (κ2) is 7.39. The van der Waals surface area contributed by atoms with Gasteiger partial charge in [-0.15, -0.1) is 0 Å². The van der Waals surface area contributed by atoms with Crippen LogP contribution in [-0.4, -0.2) is 27.7 Å². The van der Waals surface area contributed by atoms with Crippen LogP contribution in [-0.2, 0) is 6.54 Å². The van der Waals surface area contributed by atoms with Gasteiger partial charge in [-0.2, -0.15) is 0 Å². The third kappa shape index (κ3) is 3.19. The van der Waals surface area contributed by atoms with E-state index in [0.717, 1.165) is 12.2 Å². The van der Waals surface area contributed by atoms with Gasteiger partial charge in [0.1, 0.15) is 11.4 Å². The van der Waals surface area contributed by atoms with E-state index in [1.165, 1.54) is 12.1 Å². The molecule has 5 rings (SSSR count). The molecule has 3 aromatic rings. The van der Waals surface area contributed by atoms with Crippen LogP contribution < -0.4 is 15.4 Å². The fourth-order valence-corrected chi connectivity index (χ4v) is 4.18. The molecule has 2 aliphatic rings. The molecule has 0 spiro atoms. The van der Waals surface area contributed by atoms with E-state index in [0.29, 0.717) is 22.0 Å². The average molecular weight is 463 g/mol. The maximum Gasteiger partial charge on any atom is 0.248 e. The van der Waals surface area contributed by atoms with Gasteiger partial charge in [0.05, 0.1) is 17.7 Å². The summed E-state index contributed by atoms with van der Waals surface area (Å²) in [6.45, 7) is 0.128. The summed E-state index contributed by atoms with van der Waals surface area (Å²) in [5, 5.41) is 22.6. The molecule has 1 heterocycles. The monoisotopic (exact) mass is 462 g/mol. The van der Waals surface area contributed by atoms with Gasteiger partial charge in [-0.05, 0) is 54.6 Å². The zero-order chi connectivity index (χ0) is 23.4. The summed E-state index contributed by atoms with van der Waals surface area (Å²) in [4.78, 5) is 38.1. The Bertz CT molecular complexity index is 1410. The number of aromatic hydroxyl groups is 2. The number of hydrogen-bond acceptors (Lipinski definition) is 7. The van der Waals surface area contributed by atoms with E-state index in [-0.39, 0.29) is 34.7 Å². The largest absolute Gasteiger partial charge is 0.505 e. The molecule has 3 aromatic carbocycles. The van der Waals surface area contributed by atoms with Crippen LogP contribution in [0.4, 0.5) is 11.4 Å². The first-order chi connectivity index (χ1) is 15.8. The Labute approximate surface area is 192 Å². The Balaban J connectivity index is 1.81. The molecule has 164 valence electrons. The lowest BCUT2D eigenvalue weighted by molar-refractivity contribution is 0.0989. The van der Waals surface area contributed by atoms with Crippen LogP contribution in [0.5, 0.6) is 23.0 Å². The van der Waals surface area contributed by atoms with Gasteiger partial charge >= 0.3 is 0 Å². The molecule has 8 nitrogen and oxygen atoms in total. The summed E-state index contributed by atoms with van der Waals surface area (Å²) in [6, 6.07) is 11.1. The van der Waals surface area contributed by atoms with Gasteiger partial charge in [0.2, 0.25) is 5.91 Å². The van der Waals surface area contributed by atoms with Gasteiger partial charge in [-0.1, -0.05) is 11.6 Å².